The molecule has 1 saturated heterocycles. The van der Waals surface area contributed by atoms with Gasteiger partial charge in [0.15, 0.2) is 11.6 Å². The van der Waals surface area contributed by atoms with Gasteiger partial charge in [0, 0.05) is 17.4 Å². The Hall–Kier alpha value is -0.610. The van der Waals surface area contributed by atoms with Crippen LogP contribution in [0.15, 0.2) is 18.2 Å². The Morgan fingerprint density at radius 3 is 2.86 bits per heavy atom. The van der Waals surface area contributed by atoms with Gasteiger partial charge in [-0.25, -0.2) is 8.78 Å². The first-order valence-electron chi connectivity index (χ1n) is 4.51. The topological polar surface area (TPSA) is 12.0 Å². The summed E-state index contributed by atoms with van der Waals surface area (Å²) < 4.78 is 26.3. The van der Waals surface area contributed by atoms with Crippen molar-refractivity contribution < 1.29 is 8.78 Å². The maximum absolute atomic E-state index is 13.4. The predicted octanol–water partition coefficient (Wildman–Crippen LogP) is 2.69. The van der Waals surface area contributed by atoms with Crippen LogP contribution in [0.1, 0.15) is 17.9 Å². The molecular weight excluding hydrogens is 204 g/mol. The highest BCUT2D eigenvalue weighted by Gasteiger charge is 2.25. The van der Waals surface area contributed by atoms with Gasteiger partial charge in [-0.15, -0.1) is 11.8 Å². The molecule has 0 aromatic heterocycles. The Kier molecular flexibility index (Phi) is 2.74. The normalized spacial score (nSPS) is 26.8. The molecule has 1 aliphatic rings. The van der Waals surface area contributed by atoms with E-state index in [0.29, 0.717) is 10.8 Å². The lowest BCUT2D eigenvalue weighted by molar-refractivity contribution is 0.494. The summed E-state index contributed by atoms with van der Waals surface area (Å²) >= 11 is 1.62. The van der Waals surface area contributed by atoms with E-state index in [9.17, 15) is 8.78 Å². The first kappa shape index (κ1) is 9.93. The van der Waals surface area contributed by atoms with Gasteiger partial charge < -0.3 is 5.32 Å². The first-order valence-corrected chi connectivity index (χ1v) is 5.45. The summed E-state index contributed by atoms with van der Waals surface area (Å²) in [5, 5.41) is 3.48. The molecule has 0 bridgehead atoms. The molecule has 1 fully saturated rings. The minimum absolute atomic E-state index is 0.110. The zero-order valence-corrected chi connectivity index (χ0v) is 8.57. The van der Waals surface area contributed by atoms with Crippen LogP contribution in [0.5, 0.6) is 0 Å². The fraction of sp³-hybridized carbons (Fsp3) is 0.400. The van der Waals surface area contributed by atoms with Crippen molar-refractivity contribution in [3.63, 3.8) is 0 Å². The second kappa shape index (κ2) is 3.87. The summed E-state index contributed by atoms with van der Waals surface area (Å²) in [4.78, 5) is 0. The van der Waals surface area contributed by atoms with Crippen molar-refractivity contribution in [2.45, 2.75) is 17.5 Å². The van der Waals surface area contributed by atoms with E-state index in [1.54, 1.807) is 23.9 Å². The van der Waals surface area contributed by atoms with E-state index in [1.807, 2.05) is 0 Å². The van der Waals surface area contributed by atoms with Crippen molar-refractivity contribution in [1.82, 2.24) is 5.32 Å². The van der Waals surface area contributed by atoms with Crippen molar-refractivity contribution in [3.05, 3.63) is 35.4 Å². The lowest BCUT2D eigenvalue weighted by Gasteiger charge is -2.11. The minimum atomic E-state index is -0.774. The maximum Gasteiger partial charge on any atom is 0.164 e. The first-order chi connectivity index (χ1) is 6.68. The SMILES string of the molecule is CC1CNC(c2cccc(F)c2F)S1. The molecule has 1 N–H and O–H groups in total. The second-order valence-corrected chi connectivity index (χ2v) is 4.93. The standard InChI is InChI=1S/C10H11F2NS/c1-6-5-13-10(14-6)7-3-2-4-8(11)9(7)12/h2-4,6,10,13H,5H2,1H3. The van der Waals surface area contributed by atoms with Crippen molar-refractivity contribution in [3.8, 4) is 0 Å². The second-order valence-electron chi connectivity index (χ2n) is 3.38. The van der Waals surface area contributed by atoms with Crippen molar-refractivity contribution in [2.75, 3.05) is 6.54 Å². The number of thioether (sulfide) groups is 1. The Bertz CT molecular complexity index is 343. The highest BCUT2D eigenvalue weighted by Crippen LogP contribution is 2.36. The lowest BCUT2D eigenvalue weighted by Crippen LogP contribution is -2.15. The largest absolute Gasteiger partial charge is 0.300 e. The van der Waals surface area contributed by atoms with E-state index in [0.717, 1.165) is 12.6 Å². The summed E-state index contributed by atoms with van der Waals surface area (Å²) in [5.41, 5.74) is 0.416. The van der Waals surface area contributed by atoms with Crippen LogP contribution >= 0.6 is 11.8 Å². The van der Waals surface area contributed by atoms with Crippen molar-refractivity contribution >= 4 is 11.8 Å². The summed E-state index contributed by atoms with van der Waals surface area (Å²) in [6, 6.07) is 4.31. The molecule has 1 nitrogen and oxygen atoms in total. The Balaban J connectivity index is 2.28. The fourth-order valence-corrected chi connectivity index (χ4v) is 2.69. The van der Waals surface area contributed by atoms with Gasteiger partial charge in [0.05, 0.1) is 5.37 Å². The third-order valence-electron chi connectivity index (χ3n) is 2.22. The van der Waals surface area contributed by atoms with Crippen molar-refractivity contribution in [2.24, 2.45) is 0 Å². The number of halogens is 2. The van der Waals surface area contributed by atoms with Crippen LogP contribution < -0.4 is 5.32 Å². The van der Waals surface area contributed by atoms with Crippen LogP contribution in [0.2, 0.25) is 0 Å². The quantitative estimate of drug-likeness (QED) is 0.773. The average molecular weight is 215 g/mol. The molecule has 1 heterocycles. The Labute approximate surface area is 85.9 Å². The molecule has 14 heavy (non-hydrogen) atoms. The van der Waals surface area contributed by atoms with Crippen LogP contribution in [0, 0.1) is 11.6 Å². The molecule has 0 spiro atoms. The molecule has 0 radical (unpaired) electrons. The molecule has 0 amide bonds. The zero-order valence-electron chi connectivity index (χ0n) is 7.76. The van der Waals surface area contributed by atoms with E-state index in [-0.39, 0.29) is 5.37 Å². The monoisotopic (exact) mass is 215 g/mol. The molecule has 2 atom stereocenters. The molecule has 4 heteroatoms. The Morgan fingerprint density at radius 2 is 2.21 bits per heavy atom. The van der Waals surface area contributed by atoms with E-state index in [4.69, 9.17) is 0 Å². The summed E-state index contributed by atoms with van der Waals surface area (Å²) in [6.07, 6.45) is 0. The van der Waals surface area contributed by atoms with Crippen LogP contribution in [-0.2, 0) is 0 Å². The zero-order chi connectivity index (χ0) is 10.1. The predicted molar refractivity (Wildman–Crippen MR) is 54.2 cm³/mol. The van der Waals surface area contributed by atoms with Gasteiger partial charge >= 0.3 is 0 Å². The summed E-state index contributed by atoms with van der Waals surface area (Å²) in [5.74, 6) is -1.50. The smallest absolute Gasteiger partial charge is 0.164 e. The highest BCUT2D eigenvalue weighted by atomic mass is 32.2. The molecule has 2 rings (SSSR count). The van der Waals surface area contributed by atoms with Gasteiger partial charge in [-0.05, 0) is 6.07 Å². The molecule has 2 unspecified atom stereocenters. The molecule has 76 valence electrons. The molecule has 1 aromatic rings. The summed E-state index contributed by atoms with van der Waals surface area (Å²) in [7, 11) is 0. The van der Waals surface area contributed by atoms with E-state index >= 15 is 0 Å². The molecule has 0 saturated carbocycles. The number of hydrogen-bond donors (Lipinski definition) is 1. The fourth-order valence-electron chi connectivity index (χ4n) is 1.51. The maximum atomic E-state index is 13.4. The molecular formula is C10H11F2NS. The lowest BCUT2D eigenvalue weighted by atomic mass is 10.2. The van der Waals surface area contributed by atoms with E-state index in [2.05, 4.69) is 12.2 Å². The van der Waals surface area contributed by atoms with Gasteiger partial charge in [-0.1, -0.05) is 19.1 Å². The highest BCUT2D eigenvalue weighted by molar-refractivity contribution is 8.00. The van der Waals surface area contributed by atoms with E-state index < -0.39 is 11.6 Å². The number of hydrogen-bond acceptors (Lipinski definition) is 2. The van der Waals surface area contributed by atoms with Crippen LogP contribution in [0.25, 0.3) is 0 Å². The number of nitrogens with one attached hydrogen (secondary N) is 1. The van der Waals surface area contributed by atoms with Crippen LogP contribution in [0.3, 0.4) is 0 Å². The van der Waals surface area contributed by atoms with Gasteiger partial charge in [0.2, 0.25) is 0 Å². The number of benzene rings is 1. The number of rotatable bonds is 1. The average Bonchev–Trinajstić information content (AvgIpc) is 2.57. The van der Waals surface area contributed by atoms with E-state index in [1.165, 1.54) is 0 Å². The van der Waals surface area contributed by atoms with Crippen LogP contribution in [0.4, 0.5) is 8.78 Å². The Morgan fingerprint density at radius 1 is 1.43 bits per heavy atom. The minimum Gasteiger partial charge on any atom is -0.300 e. The van der Waals surface area contributed by atoms with Crippen LogP contribution in [-0.4, -0.2) is 11.8 Å². The molecule has 1 aromatic carbocycles. The van der Waals surface area contributed by atoms with Gasteiger partial charge in [0.25, 0.3) is 0 Å². The van der Waals surface area contributed by atoms with Crippen molar-refractivity contribution in [1.29, 1.82) is 0 Å². The molecule has 1 aliphatic heterocycles. The van der Waals surface area contributed by atoms with Gasteiger partial charge in [-0.3, -0.25) is 0 Å². The van der Waals surface area contributed by atoms with Gasteiger partial charge in [0.1, 0.15) is 0 Å². The third-order valence-corrected chi connectivity index (χ3v) is 3.55. The third kappa shape index (κ3) is 1.77. The summed E-state index contributed by atoms with van der Waals surface area (Å²) in [6.45, 7) is 2.90. The molecule has 0 aliphatic carbocycles. The van der Waals surface area contributed by atoms with Gasteiger partial charge in [-0.2, -0.15) is 0 Å².